The van der Waals surface area contributed by atoms with Crippen LogP contribution >= 0.6 is 35.7 Å². The van der Waals surface area contributed by atoms with Crippen LogP contribution < -0.4 is 15.5 Å². The number of anilines is 1. The van der Waals surface area contributed by atoms with Crippen LogP contribution in [0.4, 0.5) is 5.69 Å². The van der Waals surface area contributed by atoms with E-state index in [1.54, 1.807) is 0 Å². The first-order valence-corrected chi connectivity index (χ1v) is 11.2. The molecule has 0 unspecified atom stereocenters. The molecule has 1 saturated heterocycles. The number of aliphatic imine (C=N–C) groups is 1. The molecular weight excluding hydrogens is 497 g/mol. The molecule has 160 valence electrons. The highest BCUT2D eigenvalue weighted by molar-refractivity contribution is 14.0. The predicted octanol–water partition coefficient (Wildman–Crippen LogP) is 4.22. The molecule has 0 radical (unpaired) electrons. The molecule has 1 aromatic carbocycles. The summed E-state index contributed by atoms with van der Waals surface area (Å²) in [6.45, 7) is 10.6. The summed E-state index contributed by atoms with van der Waals surface area (Å²) in [5, 5.41) is 10.7. The van der Waals surface area contributed by atoms with Crippen molar-refractivity contribution < 1.29 is 4.52 Å². The van der Waals surface area contributed by atoms with Crippen LogP contribution in [-0.2, 0) is 13.1 Å². The maximum Gasteiger partial charge on any atom is 0.191 e. The van der Waals surface area contributed by atoms with Crippen molar-refractivity contribution in [1.82, 2.24) is 15.8 Å². The van der Waals surface area contributed by atoms with Crippen molar-refractivity contribution in [2.24, 2.45) is 4.99 Å². The van der Waals surface area contributed by atoms with Crippen molar-refractivity contribution in [1.29, 1.82) is 0 Å². The van der Waals surface area contributed by atoms with Gasteiger partial charge in [-0.2, -0.15) is 11.8 Å². The first-order valence-electron chi connectivity index (χ1n) is 10.0. The Hall–Kier alpha value is -1.42. The lowest BCUT2D eigenvalue weighted by molar-refractivity contribution is 0.372. The van der Waals surface area contributed by atoms with E-state index in [-0.39, 0.29) is 24.0 Å². The Morgan fingerprint density at radius 2 is 1.93 bits per heavy atom. The Balaban J connectivity index is 0.00000300. The first-order chi connectivity index (χ1) is 13.7. The van der Waals surface area contributed by atoms with Gasteiger partial charge in [0.2, 0.25) is 0 Å². The van der Waals surface area contributed by atoms with Gasteiger partial charge in [-0.15, -0.1) is 24.0 Å². The maximum absolute atomic E-state index is 5.39. The van der Waals surface area contributed by atoms with E-state index >= 15 is 0 Å². The molecule has 0 bridgehead atoms. The number of nitrogens with one attached hydrogen (secondary N) is 2. The van der Waals surface area contributed by atoms with Gasteiger partial charge in [0.15, 0.2) is 11.7 Å². The summed E-state index contributed by atoms with van der Waals surface area (Å²) < 4.78 is 5.39. The van der Waals surface area contributed by atoms with E-state index in [0.717, 1.165) is 37.0 Å². The second-order valence-corrected chi connectivity index (χ2v) is 8.41. The average Bonchev–Trinajstić information content (AvgIpc) is 3.21. The van der Waals surface area contributed by atoms with E-state index in [2.05, 4.69) is 65.7 Å². The molecule has 29 heavy (non-hydrogen) atoms. The number of rotatable bonds is 7. The zero-order valence-electron chi connectivity index (χ0n) is 17.5. The SMILES string of the molecule is CCNC(=NCc1ccc(N2CCSCC2)cc1)NCc1cc(C(C)C)no1.I. The third kappa shape index (κ3) is 7.40. The zero-order valence-corrected chi connectivity index (χ0v) is 20.6. The number of halogens is 1. The van der Waals surface area contributed by atoms with Crippen LogP contribution in [0, 0.1) is 0 Å². The van der Waals surface area contributed by atoms with Crippen LogP contribution in [0.5, 0.6) is 0 Å². The van der Waals surface area contributed by atoms with Crippen LogP contribution in [0.15, 0.2) is 39.8 Å². The minimum atomic E-state index is 0. The zero-order chi connectivity index (χ0) is 19.8. The van der Waals surface area contributed by atoms with E-state index < -0.39 is 0 Å². The fraction of sp³-hybridized carbons (Fsp3) is 0.524. The molecule has 1 aromatic heterocycles. The molecule has 3 rings (SSSR count). The Morgan fingerprint density at radius 1 is 1.21 bits per heavy atom. The molecule has 0 amide bonds. The van der Waals surface area contributed by atoms with Crippen molar-refractivity contribution in [2.75, 3.05) is 36.0 Å². The quantitative estimate of drug-likeness (QED) is 0.318. The van der Waals surface area contributed by atoms with E-state index in [0.29, 0.717) is 19.0 Å². The Morgan fingerprint density at radius 3 is 2.55 bits per heavy atom. The lowest BCUT2D eigenvalue weighted by Gasteiger charge is -2.28. The van der Waals surface area contributed by atoms with E-state index in [1.165, 1.54) is 22.8 Å². The molecule has 0 aliphatic carbocycles. The number of nitrogens with zero attached hydrogens (tertiary/aromatic N) is 3. The minimum absolute atomic E-state index is 0. The lowest BCUT2D eigenvalue weighted by Crippen LogP contribution is -2.36. The summed E-state index contributed by atoms with van der Waals surface area (Å²) in [4.78, 5) is 7.15. The Bertz CT molecular complexity index is 757. The summed E-state index contributed by atoms with van der Waals surface area (Å²) in [5.41, 5.74) is 3.49. The standard InChI is InChI=1S/C21H31N5OS.HI/c1-4-22-21(24-15-19-13-20(16(2)3)25-27-19)23-14-17-5-7-18(8-6-17)26-9-11-28-12-10-26;/h5-8,13,16H,4,9-12,14-15H2,1-3H3,(H2,22,23,24);1H. The summed E-state index contributed by atoms with van der Waals surface area (Å²) >= 11 is 2.03. The molecule has 1 fully saturated rings. The Kier molecular flexibility index (Phi) is 10.1. The normalized spacial score (nSPS) is 14.6. The van der Waals surface area contributed by atoms with Crippen LogP contribution in [-0.4, -0.2) is 42.3 Å². The summed E-state index contributed by atoms with van der Waals surface area (Å²) in [5.74, 6) is 4.40. The van der Waals surface area contributed by atoms with Crippen LogP contribution in [0.2, 0.25) is 0 Å². The molecule has 2 aromatic rings. The number of thioether (sulfide) groups is 1. The van der Waals surface area contributed by atoms with Crippen molar-refractivity contribution in [3.05, 3.63) is 47.3 Å². The monoisotopic (exact) mass is 529 g/mol. The van der Waals surface area contributed by atoms with Gasteiger partial charge in [0.05, 0.1) is 18.8 Å². The number of benzene rings is 1. The highest BCUT2D eigenvalue weighted by atomic mass is 127. The van der Waals surface area contributed by atoms with Gasteiger partial charge in [0, 0.05) is 42.9 Å². The van der Waals surface area contributed by atoms with Crippen molar-refractivity contribution in [3.63, 3.8) is 0 Å². The van der Waals surface area contributed by atoms with Crippen LogP contribution in [0.25, 0.3) is 0 Å². The number of hydrogen-bond donors (Lipinski definition) is 2. The summed E-state index contributed by atoms with van der Waals surface area (Å²) in [6.07, 6.45) is 0. The molecule has 8 heteroatoms. The second kappa shape index (κ2) is 12.3. The molecule has 2 heterocycles. The second-order valence-electron chi connectivity index (χ2n) is 7.19. The van der Waals surface area contributed by atoms with Gasteiger partial charge < -0.3 is 20.1 Å². The molecular formula is C21H32IN5OS. The van der Waals surface area contributed by atoms with Gasteiger partial charge in [0.1, 0.15) is 0 Å². The Labute approximate surface area is 195 Å². The topological polar surface area (TPSA) is 65.7 Å². The molecule has 2 N–H and O–H groups in total. The largest absolute Gasteiger partial charge is 0.370 e. The van der Waals surface area contributed by atoms with Gasteiger partial charge in [-0.25, -0.2) is 4.99 Å². The molecule has 1 aliphatic heterocycles. The lowest BCUT2D eigenvalue weighted by atomic mass is 10.1. The van der Waals surface area contributed by atoms with E-state index in [1.807, 2.05) is 17.8 Å². The summed E-state index contributed by atoms with van der Waals surface area (Å²) in [7, 11) is 0. The fourth-order valence-electron chi connectivity index (χ4n) is 3.00. The molecule has 0 spiro atoms. The number of aromatic nitrogens is 1. The minimum Gasteiger partial charge on any atom is -0.370 e. The average molecular weight is 529 g/mol. The third-order valence-electron chi connectivity index (χ3n) is 4.68. The molecule has 1 aliphatic rings. The molecule has 0 saturated carbocycles. The highest BCUT2D eigenvalue weighted by Crippen LogP contribution is 2.20. The van der Waals surface area contributed by atoms with Gasteiger partial charge in [-0.1, -0.05) is 31.1 Å². The van der Waals surface area contributed by atoms with E-state index in [4.69, 9.17) is 9.52 Å². The predicted molar refractivity (Wildman–Crippen MR) is 134 cm³/mol. The van der Waals surface area contributed by atoms with Gasteiger partial charge >= 0.3 is 0 Å². The third-order valence-corrected chi connectivity index (χ3v) is 5.62. The van der Waals surface area contributed by atoms with Crippen molar-refractivity contribution in [2.45, 2.75) is 39.8 Å². The van der Waals surface area contributed by atoms with Gasteiger partial charge in [-0.3, -0.25) is 0 Å². The van der Waals surface area contributed by atoms with Crippen LogP contribution in [0.3, 0.4) is 0 Å². The summed E-state index contributed by atoms with van der Waals surface area (Å²) in [6, 6.07) is 10.8. The molecule has 0 atom stereocenters. The van der Waals surface area contributed by atoms with Gasteiger partial charge in [0.25, 0.3) is 0 Å². The number of guanidine groups is 1. The first kappa shape index (κ1) is 23.9. The van der Waals surface area contributed by atoms with Crippen LogP contribution in [0.1, 0.15) is 43.7 Å². The highest BCUT2D eigenvalue weighted by Gasteiger charge is 2.11. The molecule has 6 nitrogen and oxygen atoms in total. The van der Waals surface area contributed by atoms with Crippen molar-refractivity contribution in [3.8, 4) is 0 Å². The fourth-order valence-corrected chi connectivity index (χ4v) is 3.90. The maximum atomic E-state index is 5.39. The number of hydrogen-bond acceptors (Lipinski definition) is 5. The van der Waals surface area contributed by atoms with Crippen molar-refractivity contribution >= 4 is 47.4 Å². The smallest absolute Gasteiger partial charge is 0.191 e. The van der Waals surface area contributed by atoms with Gasteiger partial charge in [-0.05, 0) is 30.5 Å². The van der Waals surface area contributed by atoms with E-state index in [9.17, 15) is 0 Å².